The van der Waals surface area contributed by atoms with E-state index in [1.165, 1.54) is 12.1 Å². The van der Waals surface area contributed by atoms with Crippen LogP contribution in [-0.2, 0) is 23.1 Å². The van der Waals surface area contributed by atoms with Crippen molar-refractivity contribution in [2.45, 2.75) is 24.7 Å². The predicted octanol–water partition coefficient (Wildman–Crippen LogP) is 3.49. The van der Waals surface area contributed by atoms with Crippen LogP contribution in [0, 0.1) is 0 Å². The Kier molecular flexibility index (Phi) is 4.43. The lowest BCUT2D eigenvalue weighted by Crippen LogP contribution is -2.47. The second-order valence-electron chi connectivity index (χ2n) is 7.41. The maximum atomic E-state index is 13.3. The number of benzene rings is 2. The summed E-state index contributed by atoms with van der Waals surface area (Å²) in [6.45, 7) is -0.0153. The molecule has 3 heterocycles. The Balaban J connectivity index is 1.38. The van der Waals surface area contributed by atoms with E-state index in [-0.39, 0.29) is 31.3 Å². The average molecular weight is 444 g/mol. The molecule has 1 N–H and O–H groups in total. The Hall–Kier alpha value is -3.89. The lowest BCUT2D eigenvalue weighted by atomic mass is 9.84. The van der Waals surface area contributed by atoms with Crippen molar-refractivity contribution in [2.24, 2.45) is 0 Å². The van der Waals surface area contributed by atoms with Crippen molar-refractivity contribution in [1.29, 1.82) is 0 Å². The highest BCUT2D eigenvalue weighted by Gasteiger charge is 2.55. The van der Waals surface area contributed by atoms with Crippen LogP contribution in [0.5, 0.6) is 5.75 Å². The molecular formula is C21H15F3N4O4. The van der Waals surface area contributed by atoms with Crippen molar-refractivity contribution < 1.29 is 32.0 Å². The average Bonchev–Trinajstić information content (AvgIpc) is 3.33. The molecule has 1 aromatic heterocycles. The SMILES string of the molecule is O=C1NC2(CCOc3ccccc32)C(=O)N1Cc1nc(-c2ccc(C(F)(F)F)cc2)no1. The molecule has 0 saturated carbocycles. The van der Waals surface area contributed by atoms with Gasteiger partial charge in [0, 0.05) is 17.5 Å². The lowest BCUT2D eigenvalue weighted by molar-refractivity contribution is -0.137. The molecule has 3 aromatic rings. The first-order valence-corrected chi connectivity index (χ1v) is 9.64. The molecule has 32 heavy (non-hydrogen) atoms. The molecule has 164 valence electrons. The number of amides is 3. The van der Waals surface area contributed by atoms with Gasteiger partial charge in [-0.3, -0.25) is 9.69 Å². The molecule has 3 amide bonds. The number of nitrogens with zero attached hydrogens (tertiary/aromatic N) is 3. The van der Waals surface area contributed by atoms with E-state index in [4.69, 9.17) is 9.26 Å². The summed E-state index contributed by atoms with van der Waals surface area (Å²) in [7, 11) is 0. The minimum absolute atomic E-state index is 0.0270. The minimum atomic E-state index is -4.46. The molecule has 0 radical (unpaired) electrons. The fourth-order valence-electron chi connectivity index (χ4n) is 3.90. The third kappa shape index (κ3) is 3.17. The molecule has 2 aliphatic heterocycles. The van der Waals surface area contributed by atoms with Crippen LogP contribution in [0.3, 0.4) is 0 Å². The zero-order chi connectivity index (χ0) is 22.5. The van der Waals surface area contributed by atoms with Gasteiger partial charge >= 0.3 is 12.2 Å². The predicted molar refractivity (Wildman–Crippen MR) is 102 cm³/mol. The summed E-state index contributed by atoms with van der Waals surface area (Å²) < 4.78 is 48.9. The zero-order valence-corrected chi connectivity index (χ0v) is 16.3. The van der Waals surface area contributed by atoms with Crippen molar-refractivity contribution >= 4 is 11.9 Å². The number of hydrogen-bond acceptors (Lipinski definition) is 6. The Morgan fingerprint density at radius 2 is 1.84 bits per heavy atom. The molecule has 2 aromatic carbocycles. The van der Waals surface area contributed by atoms with Crippen LogP contribution in [-0.4, -0.2) is 33.6 Å². The first-order chi connectivity index (χ1) is 15.3. The molecule has 1 unspecified atom stereocenters. The quantitative estimate of drug-likeness (QED) is 0.622. The van der Waals surface area contributed by atoms with Crippen LogP contribution < -0.4 is 10.1 Å². The number of carbonyl (C=O) groups excluding carboxylic acids is 2. The smallest absolute Gasteiger partial charge is 0.416 e. The number of nitrogens with one attached hydrogen (secondary N) is 1. The standard InChI is InChI=1S/C21H15F3N4O4/c22-21(23,24)13-7-5-12(6-8-13)17-25-16(32-27-17)11-28-18(29)20(26-19(28)30)9-10-31-15-4-2-1-3-14(15)20/h1-8H,9-11H2,(H,26,30). The molecule has 1 atom stereocenters. The third-order valence-electron chi connectivity index (χ3n) is 5.49. The van der Waals surface area contributed by atoms with Crippen molar-refractivity contribution in [1.82, 2.24) is 20.4 Å². The van der Waals surface area contributed by atoms with Crippen LogP contribution in [0.4, 0.5) is 18.0 Å². The second kappa shape index (κ2) is 7.08. The number of hydrogen-bond donors (Lipinski definition) is 1. The summed E-state index contributed by atoms with van der Waals surface area (Å²) in [4.78, 5) is 31.0. The molecule has 8 nitrogen and oxygen atoms in total. The van der Waals surface area contributed by atoms with E-state index in [0.717, 1.165) is 17.0 Å². The van der Waals surface area contributed by atoms with Gasteiger partial charge in [0.2, 0.25) is 11.7 Å². The molecule has 2 aliphatic rings. The van der Waals surface area contributed by atoms with Crippen molar-refractivity contribution in [3.05, 3.63) is 65.5 Å². The molecular weight excluding hydrogens is 429 g/mol. The highest BCUT2D eigenvalue weighted by atomic mass is 19.4. The van der Waals surface area contributed by atoms with Gasteiger partial charge in [-0.15, -0.1) is 0 Å². The summed E-state index contributed by atoms with van der Waals surface area (Å²) in [5.74, 6) is 0.0804. The van der Waals surface area contributed by atoms with Gasteiger partial charge in [0.25, 0.3) is 5.91 Å². The highest BCUT2D eigenvalue weighted by molar-refractivity contribution is 6.07. The molecule has 0 bridgehead atoms. The van der Waals surface area contributed by atoms with Crippen molar-refractivity contribution in [2.75, 3.05) is 6.61 Å². The Labute approximate surface area is 179 Å². The van der Waals surface area contributed by atoms with E-state index in [0.29, 0.717) is 16.9 Å². The number of ether oxygens (including phenoxy) is 1. The lowest BCUT2D eigenvalue weighted by Gasteiger charge is -2.33. The number of alkyl halides is 3. The maximum Gasteiger partial charge on any atom is 0.416 e. The van der Waals surface area contributed by atoms with Gasteiger partial charge in [-0.05, 0) is 18.2 Å². The summed E-state index contributed by atoms with van der Waals surface area (Å²) in [6.07, 6.45) is -4.19. The van der Waals surface area contributed by atoms with Gasteiger partial charge in [0.05, 0.1) is 12.2 Å². The van der Waals surface area contributed by atoms with Crippen LogP contribution in [0.2, 0.25) is 0 Å². The number of fused-ring (bicyclic) bond motifs is 2. The number of imide groups is 1. The molecule has 1 saturated heterocycles. The largest absolute Gasteiger partial charge is 0.493 e. The van der Waals surface area contributed by atoms with E-state index in [9.17, 15) is 22.8 Å². The summed E-state index contributed by atoms with van der Waals surface area (Å²) in [5, 5.41) is 6.52. The number of halogens is 3. The van der Waals surface area contributed by atoms with Gasteiger partial charge in [-0.25, -0.2) is 4.79 Å². The maximum absolute atomic E-state index is 13.3. The third-order valence-corrected chi connectivity index (χ3v) is 5.49. The van der Waals surface area contributed by atoms with Crippen LogP contribution in [0.15, 0.2) is 53.1 Å². The fraction of sp³-hybridized carbons (Fsp3) is 0.238. The van der Waals surface area contributed by atoms with E-state index in [2.05, 4.69) is 15.5 Å². The number of urea groups is 1. The van der Waals surface area contributed by atoms with E-state index < -0.39 is 29.2 Å². The van der Waals surface area contributed by atoms with Gasteiger partial charge in [-0.2, -0.15) is 18.2 Å². The Morgan fingerprint density at radius 3 is 2.59 bits per heavy atom. The summed E-state index contributed by atoms with van der Waals surface area (Å²) >= 11 is 0. The highest BCUT2D eigenvalue weighted by Crippen LogP contribution is 2.41. The fourth-order valence-corrected chi connectivity index (χ4v) is 3.90. The van der Waals surface area contributed by atoms with Crippen LogP contribution >= 0.6 is 0 Å². The van der Waals surface area contributed by atoms with E-state index in [1.54, 1.807) is 24.3 Å². The van der Waals surface area contributed by atoms with Crippen LogP contribution in [0.25, 0.3) is 11.4 Å². The van der Waals surface area contributed by atoms with Crippen molar-refractivity contribution in [3.63, 3.8) is 0 Å². The molecule has 1 fully saturated rings. The van der Waals surface area contributed by atoms with Crippen molar-refractivity contribution in [3.8, 4) is 17.1 Å². The van der Waals surface area contributed by atoms with E-state index >= 15 is 0 Å². The molecule has 5 rings (SSSR count). The topological polar surface area (TPSA) is 97.6 Å². The summed E-state index contributed by atoms with van der Waals surface area (Å²) in [6, 6.07) is 10.6. The first-order valence-electron chi connectivity index (χ1n) is 9.64. The molecule has 0 aliphatic carbocycles. The van der Waals surface area contributed by atoms with Gasteiger partial charge < -0.3 is 14.6 Å². The van der Waals surface area contributed by atoms with Gasteiger partial charge in [-0.1, -0.05) is 35.5 Å². The Morgan fingerprint density at radius 1 is 1.09 bits per heavy atom. The number of aromatic nitrogens is 2. The minimum Gasteiger partial charge on any atom is -0.493 e. The van der Waals surface area contributed by atoms with E-state index in [1.807, 2.05) is 0 Å². The first kappa shape index (κ1) is 20.0. The van der Waals surface area contributed by atoms with Gasteiger partial charge in [0.15, 0.2) is 5.54 Å². The zero-order valence-electron chi connectivity index (χ0n) is 16.3. The normalized spacial score (nSPS) is 20.3. The summed E-state index contributed by atoms with van der Waals surface area (Å²) in [5.41, 5.74) is -1.16. The molecule has 11 heteroatoms. The number of rotatable bonds is 3. The second-order valence-corrected chi connectivity index (χ2v) is 7.41. The van der Waals surface area contributed by atoms with Gasteiger partial charge in [0.1, 0.15) is 12.3 Å². The number of para-hydroxylation sites is 1. The molecule has 1 spiro atoms. The Bertz CT molecular complexity index is 1210. The van der Waals surface area contributed by atoms with Crippen LogP contribution in [0.1, 0.15) is 23.4 Å². The monoisotopic (exact) mass is 444 g/mol. The number of carbonyl (C=O) groups is 2.